The van der Waals surface area contributed by atoms with Gasteiger partial charge in [-0.3, -0.25) is 4.79 Å². The summed E-state index contributed by atoms with van der Waals surface area (Å²) in [6, 6.07) is 15.3. The second kappa shape index (κ2) is 7.52. The molecule has 1 aliphatic carbocycles. The van der Waals surface area contributed by atoms with E-state index in [1.54, 1.807) is 0 Å². The normalized spacial score (nSPS) is 20.5. The summed E-state index contributed by atoms with van der Waals surface area (Å²) in [6.45, 7) is 1.98. The summed E-state index contributed by atoms with van der Waals surface area (Å²) in [5.74, 6) is -0.111. The van der Waals surface area contributed by atoms with Crippen molar-refractivity contribution in [1.82, 2.24) is 5.32 Å². The fraction of sp³-hybridized carbons (Fsp3) is 0.381. The summed E-state index contributed by atoms with van der Waals surface area (Å²) in [4.78, 5) is 12.3. The third-order valence-corrected chi connectivity index (χ3v) is 4.89. The van der Waals surface area contributed by atoms with Gasteiger partial charge in [0.05, 0.1) is 5.56 Å². The first kappa shape index (κ1) is 18.5. The monoisotopic (exact) mass is 361 g/mol. The summed E-state index contributed by atoms with van der Waals surface area (Å²) in [6.07, 6.45) is -1.88. The lowest BCUT2D eigenvalue weighted by atomic mass is 10.0. The Hall–Kier alpha value is -2.30. The van der Waals surface area contributed by atoms with Gasteiger partial charge in [0, 0.05) is 12.0 Å². The number of amides is 1. The molecule has 5 heteroatoms. The number of alkyl halides is 3. The first-order valence-corrected chi connectivity index (χ1v) is 8.86. The lowest BCUT2D eigenvalue weighted by molar-refractivity contribution is -0.137. The maximum absolute atomic E-state index is 12.6. The topological polar surface area (TPSA) is 29.1 Å². The Bertz CT molecular complexity index is 740. The van der Waals surface area contributed by atoms with Gasteiger partial charge < -0.3 is 5.32 Å². The van der Waals surface area contributed by atoms with Crippen molar-refractivity contribution in [3.8, 4) is 0 Å². The molecular formula is C21H22F3NO. The Kier molecular flexibility index (Phi) is 5.35. The van der Waals surface area contributed by atoms with Crippen molar-refractivity contribution < 1.29 is 18.0 Å². The van der Waals surface area contributed by atoms with E-state index in [-0.39, 0.29) is 23.8 Å². The predicted molar refractivity (Wildman–Crippen MR) is 94.7 cm³/mol. The molecule has 3 rings (SSSR count). The Morgan fingerprint density at radius 2 is 1.77 bits per heavy atom. The lowest BCUT2D eigenvalue weighted by Crippen LogP contribution is -2.34. The van der Waals surface area contributed by atoms with E-state index in [9.17, 15) is 18.0 Å². The Balaban J connectivity index is 1.48. The molecule has 3 atom stereocenters. The van der Waals surface area contributed by atoms with Gasteiger partial charge in [-0.2, -0.15) is 13.2 Å². The summed E-state index contributed by atoms with van der Waals surface area (Å²) in [7, 11) is 0. The van der Waals surface area contributed by atoms with Crippen molar-refractivity contribution in [2.75, 3.05) is 0 Å². The van der Waals surface area contributed by atoms with Crippen molar-refractivity contribution in [1.29, 1.82) is 0 Å². The zero-order valence-electron chi connectivity index (χ0n) is 14.6. The highest BCUT2D eigenvalue weighted by Crippen LogP contribution is 2.48. The van der Waals surface area contributed by atoms with Crippen LogP contribution in [0.5, 0.6) is 0 Å². The van der Waals surface area contributed by atoms with Crippen molar-refractivity contribution in [2.24, 2.45) is 5.92 Å². The van der Waals surface area contributed by atoms with Crippen LogP contribution in [0.3, 0.4) is 0 Å². The fourth-order valence-corrected chi connectivity index (χ4v) is 3.22. The van der Waals surface area contributed by atoms with Crippen LogP contribution in [0.15, 0.2) is 54.6 Å². The van der Waals surface area contributed by atoms with Crippen molar-refractivity contribution in [3.63, 3.8) is 0 Å². The quantitative estimate of drug-likeness (QED) is 0.775. The maximum Gasteiger partial charge on any atom is 0.416 e. The second-order valence-electron chi connectivity index (χ2n) is 7.00. The minimum Gasteiger partial charge on any atom is -0.353 e. The number of nitrogens with one attached hydrogen (secondary N) is 1. The lowest BCUT2D eigenvalue weighted by Gasteiger charge is -2.14. The minimum atomic E-state index is -4.33. The standard InChI is InChI=1S/C21H22F3NO/c1-14(7-8-15-5-3-2-4-6-15)25-20(26)19-13-18(19)16-9-11-17(12-10-16)21(22,23)24/h2-6,9-12,14,18-19H,7-8,13H2,1H3,(H,25,26). The van der Waals surface area contributed by atoms with E-state index in [2.05, 4.69) is 17.4 Å². The summed E-state index contributed by atoms with van der Waals surface area (Å²) in [5.41, 5.74) is 1.38. The van der Waals surface area contributed by atoms with Gasteiger partial charge in [0.1, 0.15) is 0 Å². The van der Waals surface area contributed by atoms with Crippen LogP contribution in [0.1, 0.15) is 42.4 Å². The number of benzene rings is 2. The molecule has 3 unspecified atom stereocenters. The van der Waals surface area contributed by atoms with Gasteiger partial charge in [-0.15, -0.1) is 0 Å². The molecule has 2 nitrogen and oxygen atoms in total. The molecule has 0 saturated heterocycles. The molecule has 26 heavy (non-hydrogen) atoms. The Morgan fingerprint density at radius 3 is 2.38 bits per heavy atom. The minimum absolute atomic E-state index is 0.00420. The van der Waals surface area contributed by atoms with Crippen LogP contribution in [0.2, 0.25) is 0 Å². The summed E-state index contributed by atoms with van der Waals surface area (Å²) < 4.78 is 37.8. The third kappa shape index (κ3) is 4.65. The maximum atomic E-state index is 12.6. The van der Waals surface area contributed by atoms with Gasteiger partial charge in [0.2, 0.25) is 5.91 Å². The molecule has 0 bridgehead atoms. The van der Waals surface area contributed by atoms with Crippen LogP contribution in [0.25, 0.3) is 0 Å². The van der Waals surface area contributed by atoms with E-state index < -0.39 is 11.7 Å². The molecule has 1 fully saturated rings. The van der Waals surface area contributed by atoms with E-state index in [0.717, 1.165) is 30.5 Å². The second-order valence-corrected chi connectivity index (χ2v) is 7.00. The van der Waals surface area contributed by atoms with Gasteiger partial charge in [0.25, 0.3) is 0 Å². The number of carbonyl (C=O) groups excluding carboxylic acids is 1. The van der Waals surface area contributed by atoms with Crippen molar-refractivity contribution in [2.45, 2.75) is 44.3 Å². The fourth-order valence-electron chi connectivity index (χ4n) is 3.22. The number of hydrogen-bond acceptors (Lipinski definition) is 1. The van der Waals surface area contributed by atoms with E-state index >= 15 is 0 Å². The smallest absolute Gasteiger partial charge is 0.353 e. The molecule has 1 N–H and O–H groups in total. The highest BCUT2D eigenvalue weighted by molar-refractivity contribution is 5.83. The third-order valence-electron chi connectivity index (χ3n) is 4.89. The highest BCUT2D eigenvalue weighted by Gasteiger charge is 2.44. The number of rotatable bonds is 6. The van der Waals surface area contributed by atoms with E-state index in [1.165, 1.54) is 17.7 Å². The zero-order chi connectivity index (χ0) is 18.7. The zero-order valence-corrected chi connectivity index (χ0v) is 14.6. The largest absolute Gasteiger partial charge is 0.416 e. The molecule has 138 valence electrons. The van der Waals surface area contributed by atoms with Gasteiger partial charge in [-0.05, 0) is 55.4 Å². The van der Waals surface area contributed by atoms with Crippen LogP contribution in [0.4, 0.5) is 13.2 Å². The SMILES string of the molecule is CC(CCc1ccccc1)NC(=O)C1CC1c1ccc(C(F)(F)F)cc1. The highest BCUT2D eigenvalue weighted by atomic mass is 19.4. The van der Waals surface area contributed by atoms with Crippen molar-refractivity contribution >= 4 is 5.91 Å². The summed E-state index contributed by atoms with van der Waals surface area (Å²) in [5, 5.41) is 3.03. The van der Waals surface area contributed by atoms with E-state index in [0.29, 0.717) is 6.42 Å². The summed E-state index contributed by atoms with van der Waals surface area (Å²) >= 11 is 0. The van der Waals surface area contributed by atoms with E-state index in [1.807, 2.05) is 25.1 Å². The van der Waals surface area contributed by atoms with Crippen LogP contribution in [-0.2, 0) is 17.4 Å². The molecule has 1 saturated carbocycles. The molecule has 0 aliphatic heterocycles. The molecule has 0 spiro atoms. The average molecular weight is 361 g/mol. The van der Waals surface area contributed by atoms with Gasteiger partial charge >= 0.3 is 6.18 Å². The van der Waals surface area contributed by atoms with E-state index in [4.69, 9.17) is 0 Å². The molecule has 1 amide bonds. The van der Waals surface area contributed by atoms with Gasteiger partial charge in [-0.25, -0.2) is 0 Å². The van der Waals surface area contributed by atoms with Crippen molar-refractivity contribution in [3.05, 3.63) is 71.3 Å². The van der Waals surface area contributed by atoms with Crippen LogP contribution < -0.4 is 5.32 Å². The number of aryl methyl sites for hydroxylation is 1. The van der Waals surface area contributed by atoms with Gasteiger partial charge in [-0.1, -0.05) is 42.5 Å². The van der Waals surface area contributed by atoms with Crippen LogP contribution in [-0.4, -0.2) is 11.9 Å². The molecule has 2 aromatic rings. The van der Waals surface area contributed by atoms with Gasteiger partial charge in [0.15, 0.2) is 0 Å². The molecular weight excluding hydrogens is 339 g/mol. The number of hydrogen-bond donors (Lipinski definition) is 1. The molecule has 0 aromatic heterocycles. The average Bonchev–Trinajstić information content (AvgIpc) is 3.41. The Morgan fingerprint density at radius 1 is 1.12 bits per heavy atom. The predicted octanol–water partition coefficient (Wildman–Crippen LogP) is 4.95. The molecule has 0 heterocycles. The Labute approximate surface area is 151 Å². The first-order chi connectivity index (χ1) is 12.3. The number of carbonyl (C=O) groups is 1. The number of halogens is 3. The van der Waals surface area contributed by atoms with Crippen LogP contribution >= 0.6 is 0 Å². The van der Waals surface area contributed by atoms with Crippen LogP contribution in [0, 0.1) is 5.92 Å². The molecule has 0 radical (unpaired) electrons. The molecule has 1 aliphatic rings. The molecule has 2 aromatic carbocycles. The first-order valence-electron chi connectivity index (χ1n) is 8.86.